The molecule has 1 heterocycles. The Bertz CT molecular complexity index is 344. The lowest BCUT2D eigenvalue weighted by Gasteiger charge is -2.22. The summed E-state index contributed by atoms with van der Waals surface area (Å²) in [5.41, 5.74) is -0.223. The van der Waals surface area contributed by atoms with Crippen molar-refractivity contribution < 1.29 is 9.53 Å². The Morgan fingerprint density at radius 2 is 2.27 bits per heavy atom. The molecule has 0 aliphatic heterocycles. The van der Waals surface area contributed by atoms with Gasteiger partial charge in [-0.05, 0) is 47.6 Å². The molecule has 0 atom stereocenters. The third-order valence-corrected chi connectivity index (χ3v) is 4.19. The molecule has 0 saturated heterocycles. The van der Waals surface area contributed by atoms with Gasteiger partial charge in [-0.2, -0.15) is 0 Å². The predicted octanol–water partition coefficient (Wildman–Crippen LogP) is 3.90. The standard InChI is InChI=1S/C11H15BrO2S/c1-4-11(2,3)14-7-9(13)10-8(12)5-6-15-10/h5-6H,4,7H2,1-3H3. The lowest BCUT2D eigenvalue weighted by Crippen LogP contribution is -2.26. The summed E-state index contributed by atoms with van der Waals surface area (Å²) in [7, 11) is 0. The molecule has 0 aliphatic rings. The number of ketones is 1. The zero-order valence-electron chi connectivity index (χ0n) is 9.17. The Hall–Kier alpha value is -0.190. The molecule has 0 saturated carbocycles. The van der Waals surface area contributed by atoms with Crippen molar-refractivity contribution in [1.82, 2.24) is 0 Å². The monoisotopic (exact) mass is 290 g/mol. The van der Waals surface area contributed by atoms with Gasteiger partial charge in [0.05, 0.1) is 10.5 Å². The van der Waals surface area contributed by atoms with E-state index in [4.69, 9.17) is 4.74 Å². The number of halogens is 1. The maximum atomic E-state index is 11.7. The van der Waals surface area contributed by atoms with Crippen LogP contribution in [0.25, 0.3) is 0 Å². The van der Waals surface area contributed by atoms with E-state index in [1.807, 2.05) is 32.2 Å². The second kappa shape index (κ2) is 5.23. The van der Waals surface area contributed by atoms with Crippen LogP contribution in [-0.2, 0) is 4.74 Å². The minimum Gasteiger partial charge on any atom is -0.367 e. The molecule has 0 N–H and O–H groups in total. The molecule has 0 fully saturated rings. The number of Topliss-reactive ketones (excluding diaryl/α,β-unsaturated/α-hetero) is 1. The molecule has 4 heteroatoms. The number of ether oxygens (including phenoxy) is 1. The third kappa shape index (κ3) is 3.70. The van der Waals surface area contributed by atoms with Crippen molar-refractivity contribution in [2.75, 3.05) is 6.61 Å². The highest BCUT2D eigenvalue weighted by molar-refractivity contribution is 9.10. The first-order chi connectivity index (χ1) is 6.96. The average molecular weight is 291 g/mol. The molecule has 1 rings (SSSR count). The lowest BCUT2D eigenvalue weighted by molar-refractivity contribution is -0.0121. The highest BCUT2D eigenvalue weighted by Gasteiger charge is 2.19. The summed E-state index contributed by atoms with van der Waals surface area (Å²) in [5, 5.41) is 1.89. The molecule has 0 radical (unpaired) electrons. The van der Waals surface area contributed by atoms with Crippen LogP contribution in [0.5, 0.6) is 0 Å². The SMILES string of the molecule is CCC(C)(C)OCC(=O)c1sccc1Br. The second-order valence-corrected chi connectivity index (χ2v) is 5.69. The number of rotatable bonds is 5. The van der Waals surface area contributed by atoms with Gasteiger partial charge in [0.2, 0.25) is 0 Å². The van der Waals surface area contributed by atoms with Crippen LogP contribution in [0.2, 0.25) is 0 Å². The van der Waals surface area contributed by atoms with E-state index < -0.39 is 0 Å². The van der Waals surface area contributed by atoms with Gasteiger partial charge < -0.3 is 4.74 Å². The third-order valence-electron chi connectivity index (χ3n) is 2.32. The van der Waals surface area contributed by atoms with E-state index in [0.29, 0.717) is 0 Å². The Balaban J connectivity index is 2.55. The van der Waals surface area contributed by atoms with E-state index in [1.165, 1.54) is 11.3 Å². The lowest BCUT2D eigenvalue weighted by atomic mass is 10.1. The Morgan fingerprint density at radius 1 is 1.60 bits per heavy atom. The van der Waals surface area contributed by atoms with Crippen LogP contribution in [0.3, 0.4) is 0 Å². The summed E-state index contributed by atoms with van der Waals surface area (Å²) in [5.74, 6) is 0.0402. The second-order valence-electron chi connectivity index (χ2n) is 3.92. The molecule has 2 nitrogen and oxygen atoms in total. The summed E-state index contributed by atoms with van der Waals surface area (Å²) in [6.07, 6.45) is 0.895. The molecule has 0 bridgehead atoms. The van der Waals surface area contributed by atoms with Gasteiger partial charge in [0.25, 0.3) is 0 Å². The average Bonchev–Trinajstić information content (AvgIpc) is 2.61. The van der Waals surface area contributed by atoms with Gasteiger partial charge in [-0.15, -0.1) is 11.3 Å². The molecule has 0 aromatic carbocycles. The van der Waals surface area contributed by atoms with Crippen molar-refractivity contribution in [1.29, 1.82) is 0 Å². The topological polar surface area (TPSA) is 26.3 Å². The van der Waals surface area contributed by atoms with Gasteiger partial charge in [0, 0.05) is 4.47 Å². The number of hydrogen-bond acceptors (Lipinski definition) is 3. The van der Waals surface area contributed by atoms with Crippen molar-refractivity contribution in [3.8, 4) is 0 Å². The highest BCUT2D eigenvalue weighted by Crippen LogP contribution is 2.24. The molecular formula is C11H15BrO2S. The first kappa shape index (κ1) is 12.9. The number of carbonyl (C=O) groups is 1. The van der Waals surface area contributed by atoms with Crippen LogP contribution in [0, 0.1) is 0 Å². The summed E-state index contributed by atoms with van der Waals surface area (Å²) < 4.78 is 6.41. The van der Waals surface area contributed by atoms with Crippen molar-refractivity contribution in [2.45, 2.75) is 32.8 Å². The van der Waals surface area contributed by atoms with E-state index in [0.717, 1.165) is 15.8 Å². The van der Waals surface area contributed by atoms with Crippen molar-refractivity contribution in [3.05, 3.63) is 20.8 Å². The van der Waals surface area contributed by atoms with Gasteiger partial charge in [0.1, 0.15) is 6.61 Å². The maximum Gasteiger partial charge on any atom is 0.199 e. The highest BCUT2D eigenvalue weighted by atomic mass is 79.9. The van der Waals surface area contributed by atoms with E-state index in [-0.39, 0.29) is 18.0 Å². The van der Waals surface area contributed by atoms with Crippen molar-refractivity contribution in [3.63, 3.8) is 0 Å². The smallest absolute Gasteiger partial charge is 0.199 e. The largest absolute Gasteiger partial charge is 0.367 e. The zero-order chi connectivity index (χ0) is 11.5. The molecule has 1 aromatic rings. The van der Waals surface area contributed by atoms with E-state index in [1.54, 1.807) is 0 Å². The van der Waals surface area contributed by atoms with Crippen molar-refractivity contribution in [2.24, 2.45) is 0 Å². The Labute approximate surface area is 103 Å². The summed E-state index contributed by atoms with van der Waals surface area (Å²) in [6.45, 7) is 6.18. The summed E-state index contributed by atoms with van der Waals surface area (Å²) >= 11 is 4.78. The van der Waals surface area contributed by atoms with Crippen LogP contribution in [0.1, 0.15) is 36.9 Å². The molecule has 84 valence electrons. The quantitative estimate of drug-likeness (QED) is 0.769. The van der Waals surface area contributed by atoms with Crippen molar-refractivity contribution >= 4 is 33.0 Å². The normalized spacial score (nSPS) is 11.7. The van der Waals surface area contributed by atoms with Crippen LogP contribution in [0.15, 0.2) is 15.9 Å². The maximum absolute atomic E-state index is 11.7. The fourth-order valence-electron chi connectivity index (χ4n) is 0.921. The minimum atomic E-state index is -0.223. The number of hydrogen-bond donors (Lipinski definition) is 0. The van der Waals surface area contributed by atoms with Crippen LogP contribution in [0.4, 0.5) is 0 Å². The first-order valence-electron chi connectivity index (χ1n) is 4.86. The molecule has 0 aliphatic carbocycles. The molecule has 0 unspecified atom stereocenters. The first-order valence-corrected chi connectivity index (χ1v) is 6.53. The molecular weight excluding hydrogens is 276 g/mol. The Kier molecular flexibility index (Phi) is 4.49. The fraction of sp³-hybridized carbons (Fsp3) is 0.545. The zero-order valence-corrected chi connectivity index (χ0v) is 11.6. The van der Waals surface area contributed by atoms with Gasteiger partial charge in [-0.25, -0.2) is 0 Å². The number of thiophene rings is 1. The van der Waals surface area contributed by atoms with Crippen LogP contribution >= 0.6 is 27.3 Å². The Morgan fingerprint density at radius 3 is 2.73 bits per heavy atom. The van der Waals surface area contributed by atoms with Gasteiger partial charge in [-0.1, -0.05) is 6.92 Å². The van der Waals surface area contributed by atoms with Crippen LogP contribution < -0.4 is 0 Å². The molecule has 1 aromatic heterocycles. The van der Waals surface area contributed by atoms with Gasteiger partial charge >= 0.3 is 0 Å². The van der Waals surface area contributed by atoms with E-state index in [9.17, 15) is 4.79 Å². The molecule has 0 spiro atoms. The molecule has 15 heavy (non-hydrogen) atoms. The van der Waals surface area contributed by atoms with Gasteiger partial charge in [0.15, 0.2) is 5.78 Å². The summed E-state index contributed by atoms with van der Waals surface area (Å²) in [6, 6.07) is 1.88. The van der Waals surface area contributed by atoms with E-state index in [2.05, 4.69) is 15.9 Å². The fourth-order valence-corrected chi connectivity index (χ4v) is 2.44. The molecule has 0 amide bonds. The number of carbonyl (C=O) groups excluding carboxylic acids is 1. The predicted molar refractivity (Wildman–Crippen MR) is 66.7 cm³/mol. The minimum absolute atomic E-state index is 0.0402. The van der Waals surface area contributed by atoms with Gasteiger partial charge in [-0.3, -0.25) is 4.79 Å². The van der Waals surface area contributed by atoms with Crippen LogP contribution in [-0.4, -0.2) is 18.0 Å². The summed E-state index contributed by atoms with van der Waals surface area (Å²) in [4.78, 5) is 12.5. The van der Waals surface area contributed by atoms with E-state index >= 15 is 0 Å².